The highest BCUT2D eigenvalue weighted by molar-refractivity contribution is 7.89. The fourth-order valence-electron chi connectivity index (χ4n) is 2.30. The van der Waals surface area contributed by atoms with E-state index in [1.807, 2.05) is 19.1 Å². The number of aryl methyl sites for hydroxylation is 1. The summed E-state index contributed by atoms with van der Waals surface area (Å²) in [7, 11) is -3.57. The smallest absolute Gasteiger partial charge is 0.255 e. The third kappa shape index (κ3) is 5.41. The molecule has 0 unspecified atom stereocenters. The van der Waals surface area contributed by atoms with Crippen molar-refractivity contribution in [3.05, 3.63) is 59.7 Å². The van der Waals surface area contributed by atoms with Crippen molar-refractivity contribution in [3.63, 3.8) is 0 Å². The van der Waals surface area contributed by atoms with E-state index in [2.05, 4.69) is 17.0 Å². The van der Waals surface area contributed by atoms with Gasteiger partial charge in [-0.15, -0.1) is 0 Å². The fourth-order valence-corrected chi connectivity index (χ4v) is 3.42. The first kappa shape index (κ1) is 19.1. The molecule has 0 saturated carbocycles. The highest BCUT2D eigenvalue weighted by Gasteiger charge is 2.14. The Bertz CT molecular complexity index is 815. The Morgan fingerprint density at radius 3 is 2.40 bits per heavy atom. The largest absolute Gasteiger partial charge is 0.322 e. The fraction of sp³-hybridized carbons (Fsp3) is 0.316. The number of nitrogens with one attached hydrogen (secondary N) is 2. The zero-order valence-electron chi connectivity index (χ0n) is 14.6. The van der Waals surface area contributed by atoms with Crippen molar-refractivity contribution in [1.29, 1.82) is 0 Å². The van der Waals surface area contributed by atoms with Crippen LogP contribution in [0.4, 0.5) is 5.69 Å². The van der Waals surface area contributed by atoms with E-state index in [-0.39, 0.29) is 10.8 Å². The second kappa shape index (κ2) is 8.78. The van der Waals surface area contributed by atoms with Gasteiger partial charge in [0.1, 0.15) is 0 Å². The summed E-state index contributed by atoms with van der Waals surface area (Å²) >= 11 is 0. The standard InChI is InChI=1S/C19H24N2O3S/c1-3-5-13-20-25(23,24)18-8-6-7-17(14-18)21-19(22)16-11-9-15(4-2)10-12-16/h6-12,14,20H,3-5,13H2,1-2H3,(H,21,22). The lowest BCUT2D eigenvalue weighted by molar-refractivity contribution is 0.102. The molecule has 25 heavy (non-hydrogen) atoms. The van der Waals surface area contributed by atoms with Gasteiger partial charge in [-0.25, -0.2) is 13.1 Å². The molecule has 0 saturated heterocycles. The molecular weight excluding hydrogens is 336 g/mol. The van der Waals surface area contributed by atoms with Crippen LogP contribution < -0.4 is 10.0 Å². The Hall–Kier alpha value is -2.18. The van der Waals surface area contributed by atoms with E-state index in [9.17, 15) is 13.2 Å². The van der Waals surface area contributed by atoms with Crippen molar-refractivity contribution in [3.8, 4) is 0 Å². The molecule has 134 valence electrons. The molecule has 0 aromatic heterocycles. The minimum atomic E-state index is -3.57. The van der Waals surface area contributed by atoms with Gasteiger partial charge in [0.2, 0.25) is 10.0 Å². The molecule has 0 bridgehead atoms. The van der Waals surface area contributed by atoms with E-state index in [0.717, 1.165) is 24.8 Å². The molecule has 0 aliphatic carbocycles. The van der Waals surface area contributed by atoms with Crippen LogP contribution in [-0.4, -0.2) is 20.9 Å². The van der Waals surface area contributed by atoms with E-state index in [1.54, 1.807) is 24.3 Å². The van der Waals surface area contributed by atoms with Crippen LogP contribution in [0.25, 0.3) is 0 Å². The lowest BCUT2D eigenvalue weighted by Crippen LogP contribution is -2.24. The van der Waals surface area contributed by atoms with Gasteiger partial charge in [-0.05, 0) is 48.7 Å². The van der Waals surface area contributed by atoms with Crippen LogP contribution in [0.15, 0.2) is 53.4 Å². The van der Waals surface area contributed by atoms with Gasteiger partial charge in [0.05, 0.1) is 4.90 Å². The molecule has 0 spiro atoms. The first-order valence-electron chi connectivity index (χ1n) is 8.46. The summed E-state index contributed by atoms with van der Waals surface area (Å²) in [5.74, 6) is -0.267. The number of unbranched alkanes of at least 4 members (excludes halogenated alkanes) is 1. The number of hydrogen-bond donors (Lipinski definition) is 2. The molecule has 0 radical (unpaired) electrons. The van der Waals surface area contributed by atoms with Crippen LogP contribution in [0.1, 0.15) is 42.6 Å². The number of amides is 1. The first-order valence-corrected chi connectivity index (χ1v) is 9.94. The third-order valence-corrected chi connectivity index (χ3v) is 5.31. The van der Waals surface area contributed by atoms with Gasteiger partial charge in [-0.1, -0.05) is 38.5 Å². The summed E-state index contributed by atoms with van der Waals surface area (Å²) in [5, 5.41) is 2.74. The predicted molar refractivity (Wildman–Crippen MR) is 100 cm³/mol. The predicted octanol–water partition coefficient (Wildman–Crippen LogP) is 3.58. The van der Waals surface area contributed by atoms with E-state index < -0.39 is 10.0 Å². The summed E-state index contributed by atoms with van der Waals surface area (Å²) in [4.78, 5) is 12.5. The monoisotopic (exact) mass is 360 g/mol. The van der Waals surface area contributed by atoms with Crippen LogP contribution in [0.2, 0.25) is 0 Å². The minimum Gasteiger partial charge on any atom is -0.322 e. The van der Waals surface area contributed by atoms with E-state index in [0.29, 0.717) is 17.8 Å². The molecule has 1 amide bonds. The van der Waals surface area contributed by atoms with Crippen LogP contribution in [0.3, 0.4) is 0 Å². The number of anilines is 1. The van der Waals surface area contributed by atoms with Gasteiger partial charge >= 0.3 is 0 Å². The van der Waals surface area contributed by atoms with Crippen LogP contribution in [0.5, 0.6) is 0 Å². The van der Waals surface area contributed by atoms with Crippen LogP contribution >= 0.6 is 0 Å². The molecule has 0 aliphatic rings. The van der Waals surface area contributed by atoms with Crippen molar-refractivity contribution in [2.24, 2.45) is 0 Å². The lowest BCUT2D eigenvalue weighted by atomic mass is 10.1. The van der Waals surface area contributed by atoms with Gasteiger partial charge in [0.25, 0.3) is 5.91 Å². The van der Waals surface area contributed by atoms with Gasteiger partial charge in [-0.3, -0.25) is 4.79 Å². The normalized spacial score (nSPS) is 11.3. The molecule has 6 heteroatoms. The molecule has 0 aliphatic heterocycles. The molecule has 0 heterocycles. The van der Waals surface area contributed by atoms with Crippen molar-refractivity contribution in [1.82, 2.24) is 4.72 Å². The van der Waals surface area contributed by atoms with E-state index in [1.165, 1.54) is 12.1 Å². The highest BCUT2D eigenvalue weighted by Crippen LogP contribution is 2.17. The summed E-state index contributed by atoms with van der Waals surface area (Å²) in [6, 6.07) is 13.6. The maximum absolute atomic E-state index is 12.3. The van der Waals surface area contributed by atoms with E-state index in [4.69, 9.17) is 0 Å². The van der Waals surface area contributed by atoms with E-state index >= 15 is 0 Å². The Morgan fingerprint density at radius 1 is 1.04 bits per heavy atom. The molecular formula is C19H24N2O3S. The SMILES string of the molecule is CCCCNS(=O)(=O)c1cccc(NC(=O)c2ccc(CC)cc2)c1. The number of benzene rings is 2. The third-order valence-electron chi connectivity index (χ3n) is 3.85. The van der Waals surface area contributed by atoms with Crippen molar-refractivity contribution in [2.45, 2.75) is 38.0 Å². The molecule has 0 atom stereocenters. The maximum atomic E-state index is 12.3. The van der Waals surface area contributed by atoms with Gasteiger partial charge in [0.15, 0.2) is 0 Å². The average Bonchev–Trinajstić information content (AvgIpc) is 2.62. The summed E-state index contributed by atoms with van der Waals surface area (Å²) < 4.78 is 27.1. The summed E-state index contributed by atoms with van der Waals surface area (Å²) in [6.45, 7) is 4.45. The Morgan fingerprint density at radius 2 is 1.76 bits per heavy atom. The highest BCUT2D eigenvalue weighted by atomic mass is 32.2. The molecule has 2 aromatic carbocycles. The molecule has 0 fully saturated rings. The van der Waals surface area contributed by atoms with Gasteiger partial charge < -0.3 is 5.32 Å². The van der Waals surface area contributed by atoms with Gasteiger partial charge in [0, 0.05) is 17.8 Å². The number of rotatable bonds is 8. The second-order valence-corrected chi connectivity index (χ2v) is 7.55. The molecule has 2 aromatic rings. The number of carbonyl (C=O) groups is 1. The lowest BCUT2D eigenvalue weighted by Gasteiger charge is -2.09. The number of hydrogen-bond acceptors (Lipinski definition) is 3. The molecule has 2 rings (SSSR count). The first-order chi connectivity index (χ1) is 12.0. The van der Waals surface area contributed by atoms with Gasteiger partial charge in [-0.2, -0.15) is 0 Å². The molecule has 2 N–H and O–H groups in total. The van der Waals surface area contributed by atoms with Crippen molar-refractivity contribution >= 4 is 21.6 Å². The topological polar surface area (TPSA) is 75.3 Å². The second-order valence-electron chi connectivity index (χ2n) is 5.78. The average molecular weight is 360 g/mol. The Kier molecular flexibility index (Phi) is 6.73. The number of carbonyl (C=O) groups excluding carboxylic acids is 1. The summed E-state index contributed by atoms with van der Waals surface area (Å²) in [5.41, 5.74) is 2.14. The van der Waals surface area contributed by atoms with Crippen molar-refractivity contribution in [2.75, 3.05) is 11.9 Å². The quantitative estimate of drug-likeness (QED) is 0.707. The molecule has 5 nitrogen and oxygen atoms in total. The maximum Gasteiger partial charge on any atom is 0.255 e. The van der Waals surface area contributed by atoms with Crippen LogP contribution in [-0.2, 0) is 16.4 Å². The zero-order chi connectivity index (χ0) is 18.3. The minimum absolute atomic E-state index is 0.141. The number of sulfonamides is 1. The summed E-state index contributed by atoms with van der Waals surface area (Å²) in [6.07, 6.45) is 2.60. The van der Waals surface area contributed by atoms with Crippen LogP contribution in [0, 0.1) is 0 Å². The Labute approximate surface area is 149 Å². The Balaban J connectivity index is 2.11. The zero-order valence-corrected chi connectivity index (χ0v) is 15.4. The van der Waals surface area contributed by atoms with Crippen molar-refractivity contribution < 1.29 is 13.2 Å².